The summed E-state index contributed by atoms with van der Waals surface area (Å²) in [7, 11) is 0. The molecule has 2 heterocycles. The summed E-state index contributed by atoms with van der Waals surface area (Å²) in [5.41, 5.74) is 13.2. The van der Waals surface area contributed by atoms with E-state index >= 15 is 0 Å². The zero-order valence-corrected chi connectivity index (χ0v) is 15.0. The number of hydrogen-bond acceptors (Lipinski definition) is 5. The molecule has 1 fully saturated rings. The monoisotopic (exact) mass is 376 g/mol. The van der Waals surface area contributed by atoms with Crippen LogP contribution in [0.25, 0.3) is 5.69 Å². The number of carbonyl (C=O) groups is 2. The second kappa shape index (κ2) is 8.03. The molecular formula is C20H20N6O2. The summed E-state index contributed by atoms with van der Waals surface area (Å²) in [6, 6.07) is 18.3. The van der Waals surface area contributed by atoms with E-state index in [9.17, 15) is 9.59 Å². The highest BCUT2D eigenvalue weighted by molar-refractivity contribution is 5.99. The molecule has 0 aliphatic carbocycles. The zero-order chi connectivity index (χ0) is 19.3. The van der Waals surface area contributed by atoms with Crippen molar-refractivity contribution in [3.05, 3.63) is 84.2 Å². The Morgan fingerprint density at radius 3 is 2.54 bits per heavy atom. The summed E-state index contributed by atoms with van der Waals surface area (Å²) in [6.07, 6.45) is 3.97. The molecule has 0 radical (unpaired) electrons. The molecule has 4 rings (SSSR count). The second-order valence-corrected chi connectivity index (χ2v) is 6.45. The van der Waals surface area contributed by atoms with E-state index in [4.69, 9.17) is 0 Å². The van der Waals surface area contributed by atoms with Crippen LogP contribution in [0.15, 0.2) is 73.1 Å². The van der Waals surface area contributed by atoms with Gasteiger partial charge in [-0.05, 0) is 30.2 Å². The lowest BCUT2D eigenvalue weighted by Crippen LogP contribution is -2.50. The summed E-state index contributed by atoms with van der Waals surface area (Å²) < 4.78 is 1.60. The van der Waals surface area contributed by atoms with Gasteiger partial charge in [0.2, 0.25) is 0 Å². The Labute approximate surface area is 161 Å². The van der Waals surface area contributed by atoms with Crippen LogP contribution in [0.4, 0.5) is 0 Å². The number of nitrogens with zero attached hydrogens (tertiary/aromatic N) is 2. The van der Waals surface area contributed by atoms with Gasteiger partial charge in [-0.3, -0.25) is 20.4 Å². The van der Waals surface area contributed by atoms with E-state index in [1.807, 2.05) is 36.4 Å². The summed E-state index contributed by atoms with van der Waals surface area (Å²) in [5, 5.41) is 4.16. The lowest BCUT2D eigenvalue weighted by molar-refractivity contribution is -0.123. The summed E-state index contributed by atoms with van der Waals surface area (Å²) in [5.74, 6) is -0.721. The van der Waals surface area contributed by atoms with Crippen molar-refractivity contribution >= 4 is 11.8 Å². The number of para-hydroxylation sites is 1. The molecule has 2 aromatic carbocycles. The summed E-state index contributed by atoms with van der Waals surface area (Å²) >= 11 is 0. The Morgan fingerprint density at radius 2 is 1.75 bits per heavy atom. The first-order valence-electron chi connectivity index (χ1n) is 8.97. The third kappa shape index (κ3) is 3.78. The molecule has 8 heteroatoms. The highest BCUT2D eigenvalue weighted by Gasteiger charge is 2.30. The standard InChI is InChI=1S/C20H20N6O2/c27-19(15-9-4-5-10-18(15)26-12-6-11-21-26)24-25-20(28)17-13-16(22-23-17)14-7-2-1-3-8-14/h1-12,16-17,22-23H,13H2,(H,24,27)(H,25,28). The smallest absolute Gasteiger partial charge is 0.271 e. The molecular weight excluding hydrogens is 356 g/mol. The quantitative estimate of drug-likeness (QED) is 0.514. The third-order valence-electron chi connectivity index (χ3n) is 4.62. The van der Waals surface area contributed by atoms with Crippen molar-refractivity contribution in [3.8, 4) is 5.69 Å². The molecule has 1 aliphatic heterocycles. The normalized spacial score (nSPS) is 18.6. The van der Waals surface area contributed by atoms with Crippen molar-refractivity contribution < 1.29 is 9.59 Å². The maximum absolute atomic E-state index is 12.6. The van der Waals surface area contributed by atoms with Crippen LogP contribution >= 0.6 is 0 Å². The van der Waals surface area contributed by atoms with Crippen molar-refractivity contribution in [3.63, 3.8) is 0 Å². The van der Waals surface area contributed by atoms with Crippen LogP contribution in [0, 0.1) is 0 Å². The van der Waals surface area contributed by atoms with E-state index in [1.165, 1.54) is 0 Å². The summed E-state index contributed by atoms with van der Waals surface area (Å²) in [6.45, 7) is 0. The third-order valence-corrected chi connectivity index (χ3v) is 4.62. The first-order valence-corrected chi connectivity index (χ1v) is 8.97. The van der Waals surface area contributed by atoms with Gasteiger partial charge >= 0.3 is 0 Å². The van der Waals surface area contributed by atoms with Crippen LogP contribution in [-0.2, 0) is 4.79 Å². The Bertz CT molecular complexity index is 958. The largest absolute Gasteiger partial charge is 0.271 e. The molecule has 2 atom stereocenters. The zero-order valence-electron chi connectivity index (χ0n) is 15.0. The van der Waals surface area contributed by atoms with Gasteiger partial charge in [-0.15, -0.1) is 0 Å². The highest BCUT2D eigenvalue weighted by atomic mass is 16.2. The number of carbonyl (C=O) groups excluding carboxylic acids is 2. The van der Waals surface area contributed by atoms with Crippen LogP contribution < -0.4 is 21.7 Å². The lowest BCUT2D eigenvalue weighted by atomic mass is 10.0. The number of nitrogens with one attached hydrogen (secondary N) is 4. The van der Waals surface area contributed by atoms with Crippen LogP contribution in [-0.4, -0.2) is 27.6 Å². The minimum absolute atomic E-state index is 0.0354. The molecule has 4 N–H and O–H groups in total. The van der Waals surface area contributed by atoms with E-state index < -0.39 is 11.9 Å². The topological polar surface area (TPSA) is 100 Å². The fraction of sp³-hybridized carbons (Fsp3) is 0.150. The first kappa shape index (κ1) is 17.9. The average molecular weight is 376 g/mol. The SMILES string of the molecule is O=C(NNC(=O)C1CC(c2ccccc2)NN1)c1ccccc1-n1cccn1. The molecule has 2 amide bonds. The summed E-state index contributed by atoms with van der Waals surface area (Å²) in [4.78, 5) is 25.0. The number of hydrogen-bond donors (Lipinski definition) is 4. The van der Waals surface area contributed by atoms with Crippen molar-refractivity contribution in [1.82, 2.24) is 31.5 Å². The van der Waals surface area contributed by atoms with Gasteiger partial charge in [-0.25, -0.2) is 15.5 Å². The van der Waals surface area contributed by atoms with Crippen LogP contribution in [0.3, 0.4) is 0 Å². The Balaban J connectivity index is 1.36. The number of aromatic nitrogens is 2. The van der Waals surface area contributed by atoms with Gasteiger partial charge in [0, 0.05) is 18.4 Å². The van der Waals surface area contributed by atoms with Crippen LogP contribution in [0.5, 0.6) is 0 Å². The first-order chi connectivity index (χ1) is 13.7. The van der Waals surface area contributed by atoms with E-state index in [2.05, 4.69) is 26.8 Å². The van der Waals surface area contributed by atoms with Gasteiger partial charge in [-0.1, -0.05) is 42.5 Å². The molecule has 0 spiro atoms. The van der Waals surface area contributed by atoms with E-state index in [-0.39, 0.29) is 11.9 Å². The van der Waals surface area contributed by atoms with Crippen LogP contribution in [0.2, 0.25) is 0 Å². The highest BCUT2D eigenvalue weighted by Crippen LogP contribution is 2.21. The molecule has 28 heavy (non-hydrogen) atoms. The van der Waals surface area contributed by atoms with Crippen molar-refractivity contribution in [2.24, 2.45) is 0 Å². The molecule has 1 aliphatic rings. The Hall–Kier alpha value is -3.49. The number of amides is 2. The molecule has 1 aromatic heterocycles. The fourth-order valence-corrected chi connectivity index (χ4v) is 3.18. The lowest BCUT2D eigenvalue weighted by Gasteiger charge is -2.13. The van der Waals surface area contributed by atoms with E-state index in [0.29, 0.717) is 17.7 Å². The van der Waals surface area contributed by atoms with Gasteiger partial charge in [0.1, 0.15) is 6.04 Å². The van der Waals surface area contributed by atoms with Crippen molar-refractivity contribution in [2.45, 2.75) is 18.5 Å². The fourth-order valence-electron chi connectivity index (χ4n) is 3.18. The molecule has 1 saturated heterocycles. The van der Waals surface area contributed by atoms with Gasteiger partial charge in [0.15, 0.2) is 0 Å². The Morgan fingerprint density at radius 1 is 0.964 bits per heavy atom. The van der Waals surface area contributed by atoms with Crippen LogP contribution in [0.1, 0.15) is 28.4 Å². The van der Waals surface area contributed by atoms with E-state index in [0.717, 1.165) is 5.56 Å². The Kier molecular flexibility index (Phi) is 5.14. The molecule has 142 valence electrons. The maximum atomic E-state index is 12.6. The number of rotatable bonds is 4. The van der Waals surface area contributed by atoms with Gasteiger partial charge < -0.3 is 0 Å². The van der Waals surface area contributed by atoms with E-state index in [1.54, 1.807) is 41.3 Å². The molecule has 8 nitrogen and oxygen atoms in total. The predicted molar refractivity (Wildman–Crippen MR) is 103 cm³/mol. The van der Waals surface area contributed by atoms with Crippen molar-refractivity contribution in [2.75, 3.05) is 0 Å². The second-order valence-electron chi connectivity index (χ2n) is 6.45. The molecule has 0 bridgehead atoms. The minimum atomic E-state index is -0.452. The molecule has 0 saturated carbocycles. The van der Waals surface area contributed by atoms with Crippen molar-refractivity contribution in [1.29, 1.82) is 0 Å². The van der Waals surface area contributed by atoms with Gasteiger partial charge in [-0.2, -0.15) is 5.10 Å². The average Bonchev–Trinajstić information content (AvgIpc) is 3.45. The van der Waals surface area contributed by atoms with Gasteiger partial charge in [0.05, 0.1) is 11.3 Å². The predicted octanol–water partition coefficient (Wildman–Crippen LogP) is 1.24. The molecule has 2 unspecified atom stereocenters. The van der Waals surface area contributed by atoms with Gasteiger partial charge in [0.25, 0.3) is 11.8 Å². The molecule has 3 aromatic rings. The number of benzene rings is 2. The minimum Gasteiger partial charge on any atom is -0.271 e. The maximum Gasteiger partial charge on any atom is 0.271 e. The number of hydrazine groups is 2.